The molecule has 1 aromatic rings. The number of rotatable bonds is 6. The third-order valence-corrected chi connectivity index (χ3v) is 4.10. The molecule has 0 saturated carbocycles. The molecular formula is C16H19ClFNO5. The van der Waals surface area contributed by atoms with E-state index in [0.717, 1.165) is 11.3 Å². The molecule has 8 heteroatoms. The van der Waals surface area contributed by atoms with Crippen LogP contribution in [0.2, 0.25) is 5.02 Å². The number of carbonyl (C=O) groups is 2. The highest BCUT2D eigenvalue weighted by Gasteiger charge is 2.47. The van der Waals surface area contributed by atoms with Crippen molar-refractivity contribution in [2.75, 3.05) is 26.8 Å². The van der Waals surface area contributed by atoms with E-state index in [1.807, 2.05) is 6.92 Å². The molecule has 1 heterocycles. The number of ether oxygens (including phenoxy) is 2. The van der Waals surface area contributed by atoms with Crippen LogP contribution in [0.15, 0.2) is 12.1 Å². The van der Waals surface area contributed by atoms with Gasteiger partial charge in [0, 0.05) is 18.5 Å². The van der Waals surface area contributed by atoms with Crippen LogP contribution in [-0.2, 0) is 4.79 Å². The van der Waals surface area contributed by atoms with E-state index in [1.165, 1.54) is 19.2 Å². The number of carbonyl (C=O) groups excluding carboxylic acids is 1. The Kier molecular flexibility index (Phi) is 5.54. The number of likely N-dealkylation sites (tertiary alicyclic amines) is 1. The van der Waals surface area contributed by atoms with Crippen LogP contribution in [0, 0.1) is 0 Å². The standard InChI is InChI=1S/C16H19ClFNO5/c1-3-6-24-13-11(17)7-10(8-12(13)23-2)14(20)19-5-4-16(18,9-19)15(21)22/h7-8H,3-6,9H2,1-2H3,(H,21,22). The number of benzene rings is 1. The fourth-order valence-corrected chi connectivity index (χ4v) is 2.76. The summed E-state index contributed by atoms with van der Waals surface area (Å²) in [5, 5.41) is 9.12. The van der Waals surface area contributed by atoms with Gasteiger partial charge in [0.1, 0.15) is 0 Å². The Labute approximate surface area is 144 Å². The zero-order valence-electron chi connectivity index (χ0n) is 13.5. The molecule has 1 aromatic carbocycles. The van der Waals surface area contributed by atoms with E-state index in [1.54, 1.807) is 0 Å². The maximum Gasteiger partial charge on any atom is 0.343 e. The smallest absolute Gasteiger partial charge is 0.343 e. The maximum atomic E-state index is 14.1. The predicted octanol–water partition coefficient (Wildman–Crippen LogP) is 2.78. The van der Waals surface area contributed by atoms with E-state index < -0.39 is 24.1 Å². The van der Waals surface area contributed by atoms with E-state index in [9.17, 15) is 14.0 Å². The maximum absolute atomic E-state index is 14.1. The molecular weight excluding hydrogens is 341 g/mol. The molecule has 0 spiro atoms. The molecule has 132 valence electrons. The van der Waals surface area contributed by atoms with Gasteiger partial charge in [-0.1, -0.05) is 18.5 Å². The van der Waals surface area contributed by atoms with Crippen LogP contribution in [0.4, 0.5) is 4.39 Å². The van der Waals surface area contributed by atoms with Gasteiger partial charge in [-0.05, 0) is 18.6 Å². The number of hydrogen-bond donors (Lipinski definition) is 1. The van der Waals surface area contributed by atoms with Crippen molar-refractivity contribution in [1.29, 1.82) is 0 Å². The predicted molar refractivity (Wildman–Crippen MR) is 85.8 cm³/mol. The largest absolute Gasteiger partial charge is 0.493 e. The van der Waals surface area contributed by atoms with Crippen molar-refractivity contribution in [1.82, 2.24) is 4.90 Å². The Balaban J connectivity index is 2.24. The average Bonchev–Trinajstić information content (AvgIpc) is 2.96. The van der Waals surface area contributed by atoms with Gasteiger partial charge >= 0.3 is 5.97 Å². The highest BCUT2D eigenvalue weighted by molar-refractivity contribution is 6.32. The molecule has 1 aliphatic rings. The zero-order valence-corrected chi connectivity index (χ0v) is 14.2. The first-order valence-electron chi connectivity index (χ1n) is 7.54. The van der Waals surface area contributed by atoms with Crippen LogP contribution in [0.1, 0.15) is 30.1 Å². The second-order valence-electron chi connectivity index (χ2n) is 5.59. The summed E-state index contributed by atoms with van der Waals surface area (Å²) in [4.78, 5) is 24.6. The molecule has 1 amide bonds. The van der Waals surface area contributed by atoms with E-state index in [-0.39, 0.29) is 23.6 Å². The van der Waals surface area contributed by atoms with Crippen LogP contribution >= 0.6 is 11.6 Å². The second-order valence-corrected chi connectivity index (χ2v) is 5.99. The molecule has 1 unspecified atom stereocenters. The van der Waals surface area contributed by atoms with Crippen molar-refractivity contribution >= 4 is 23.5 Å². The van der Waals surface area contributed by atoms with Crippen molar-refractivity contribution < 1.29 is 28.6 Å². The van der Waals surface area contributed by atoms with Gasteiger partial charge in [-0.25, -0.2) is 9.18 Å². The molecule has 1 atom stereocenters. The van der Waals surface area contributed by atoms with Crippen LogP contribution in [-0.4, -0.2) is 54.4 Å². The number of alkyl halides is 1. The van der Waals surface area contributed by atoms with E-state index in [2.05, 4.69) is 0 Å². The lowest BCUT2D eigenvalue weighted by molar-refractivity contribution is -0.149. The van der Waals surface area contributed by atoms with Gasteiger partial charge in [-0.3, -0.25) is 4.79 Å². The fraction of sp³-hybridized carbons (Fsp3) is 0.500. The topological polar surface area (TPSA) is 76.1 Å². The highest BCUT2D eigenvalue weighted by atomic mass is 35.5. The summed E-state index contributed by atoms with van der Waals surface area (Å²) in [7, 11) is 1.42. The minimum atomic E-state index is -2.41. The summed E-state index contributed by atoms with van der Waals surface area (Å²) in [6, 6.07) is 2.87. The van der Waals surface area contributed by atoms with Crippen molar-refractivity contribution in [3.8, 4) is 11.5 Å². The lowest BCUT2D eigenvalue weighted by Gasteiger charge is -2.19. The fourth-order valence-electron chi connectivity index (χ4n) is 2.49. The van der Waals surface area contributed by atoms with Gasteiger partial charge in [0.15, 0.2) is 11.5 Å². The van der Waals surface area contributed by atoms with Crippen LogP contribution < -0.4 is 9.47 Å². The SMILES string of the molecule is CCCOc1c(Cl)cc(C(=O)N2CCC(F)(C(=O)O)C2)cc1OC. The summed E-state index contributed by atoms with van der Waals surface area (Å²) in [5.74, 6) is -1.43. The minimum absolute atomic E-state index is 0.0235. The molecule has 0 aromatic heterocycles. The Morgan fingerprint density at radius 2 is 2.17 bits per heavy atom. The zero-order chi connectivity index (χ0) is 17.9. The number of methoxy groups -OCH3 is 1. The Hall–Kier alpha value is -2.02. The van der Waals surface area contributed by atoms with Gasteiger partial charge in [-0.15, -0.1) is 0 Å². The van der Waals surface area contributed by atoms with Crippen molar-refractivity contribution in [3.05, 3.63) is 22.7 Å². The second kappa shape index (κ2) is 7.25. The molecule has 0 aliphatic carbocycles. The van der Waals surface area contributed by atoms with Gasteiger partial charge in [-0.2, -0.15) is 0 Å². The number of carboxylic acids is 1. The van der Waals surface area contributed by atoms with Crippen molar-refractivity contribution in [2.24, 2.45) is 0 Å². The summed E-state index contributed by atoms with van der Waals surface area (Å²) >= 11 is 6.16. The molecule has 2 rings (SSSR count). The van der Waals surface area contributed by atoms with Gasteiger partial charge in [0.2, 0.25) is 5.67 Å². The number of amides is 1. The van der Waals surface area contributed by atoms with Gasteiger partial charge in [0.25, 0.3) is 5.91 Å². The van der Waals surface area contributed by atoms with E-state index in [0.29, 0.717) is 18.1 Å². The number of carboxylic acid groups (broad SMARTS) is 1. The molecule has 1 aliphatic heterocycles. The quantitative estimate of drug-likeness (QED) is 0.845. The van der Waals surface area contributed by atoms with Gasteiger partial charge in [0.05, 0.1) is 25.3 Å². The Bertz CT molecular complexity index is 654. The first-order chi connectivity index (χ1) is 11.3. The lowest BCUT2D eigenvalue weighted by Crippen LogP contribution is -2.38. The summed E-state index contributed by atoms with van der Waals surface area (Å²) in [6.07, 6.45) is 0.540. The van der Waals surface area contributed by atoms with Crippen LogP contribution in [0.25, 0.3) is 0 Å². The van der Waals surface area contributed by atoms with E-state index >= 15 is 0 Å². The normalized spacial score (nSPS) is 20.1. The van der Waals surface area contributed by atoms with Crippen molar-refractivity contribution in [2.45, 2.75) is 25.4 Å². The third-order valence-electron chi connectivity index (χ3n) is 3.82. The first-order valence-corrected chi connectivity index (χ1v) is 7.92. The van der Waals surface area contributed by atoms with Crippen LogP contribution in [0.5, 0.6) is 11.5 Å². The molecule has 0 radical (unpaired) electrons. The highest BCUT2D eigenvalue weighted by Crippen LogP contribution is 2.37. The van der Waals surface area contributed by atoms with Gasteiger partial charge < -0.3 is 19.5 Å². The number of hydrogen-bond acceptors (Lipinski definition) is 4. The first kappa shape index (κ1) is 18.3. The minimum Gasteiger partial charge on any atom is -0.493 e. The molecule has 1 saturated heterocycles. The molecule has 0 bridgehead atoms. The van der Waals surface area contributed by atoms with Crippen molar-refractivity contribution in [3.63, 3.8) is 0 Å². The molecule has 6 nitrogen and oxygen atoms in total. The summed E-state index contributed by atoms with van der Waals surface area (Å²) in [5.41, 5.74) is -2.22. The monoisotopic (exact) mass is 359 g/mol. The lowest BCUT2D eigenvalue weighted by atomic mass is 10.1. The summed E-state index contributed by atoms with van der Waals surface area (Å²) < 4.78 is 24.8. The Morgan fingerprint density at radius 1 is 1.46 bits per heavy atom. The van der Waals surface area contributed by atoms with Crippen LogP contribution in [0.3, 0.4) is 0 Å². The number of aliphatic carboxylic acids is 1. The number of nitrogens with zero attached hydrogens (tertiary/aromatic N) is 1. The summed E-state index contributed by atoms with van der Waals surface area (Å²) in [6.45, 7) is 1.92. The number of halogens is 2. The average molecular weight is 360 g/mol. The third kappa shape index (κ3) is 3.56. The molecule has 1 fully saturated rings. The molecule has 24 heavy (non-hydrogen) atoms. The van der Waals surface area contributed by atoms with E-state index in [4.69, 9.17) is 26.2 Å². The molecule has 1 N–H and O–H groups in total. The Morgan fingerprint density at radius 3 is 2.71 bits per heavy atom.